The van der Waals surface area contributed by atoms with Gasteiger partial charge in [-0.05, 0) is 54.8 Å². The normalized spacial score (nSPS) is 10.3. The van der Waals surface area contributed by atoms with Gasteiger partial charge in [0, 0.05) is 24.1 Å². The molecule has 0 unspecified atom stereocenters. The number of aromatic nitrogens is 1. The Labute approximate surface area is 170 Å². The zero-order valence-corrected chi connectivity index (χ0v) is 16.9. The fraction of sp³-hybridized carbons (Fsp3) is 0.217. The van der Waals surface area contributed by atoms with E-state index in [2.05, 4.69) is 15.6 Å². The molecule has 0 saturated heterocycles. The summed E-state index contributed by atoms with van der Waals surface area (Å²) in [7, 11) is 3.25. The molecular formula is C23H25N3O3. The number of amides is 1. The maximum atomic E-state index is 12.5. The number of benzene rings is 2. The lowest BCUT2D eigenvalue weighted by molar-refractivity contribution is 0.102. The summed E-state index contributed by atoms with van der Waals surface area (Å²) < 4.78 is 10.6. The molecule has 0 atom stereocenters. The summed E-state index contributed by atoms with van der Waals surface area (Å²) in [6.07, 6.45) is 2.43. The molecule has 29 heavy (non-hydrogen) atoms. The van der Waals surface area contributed by atoms with Gasteiger partial charge in [-0.25, -0.2) is 0 Å². The quantitative estimate of drug-likeness (QED) is 0.598. The van der Waals surface area contributed by atoms with Crippen molar-refractivity contribution in [3.63, 3.8) is 0 Å². The molecule has 3 aromatic rings. The van der Waals surface area contributed by atoms with Crippen LogP contribution in [-0.4, -0.2) is 31.7 Å². The van der Waals surface area contributed by atoms with Crippen LogP contribution in [0.3, 0.4) is 0 Å². The number of hydrogen-bond acceptors (Lipinski definition) is 5. The molecule has 3 rings (SSSR count). The highest BCUT2D eigenvalue weighted by atomic mass is 16.5. The van der Waals surface area contributed by atoms with Crippen molar-refractivity contribution in [3.8, 4) is 11.5 Å². The molecule has 2 aromatic carbocycles. The van der Waals surface area contributed by atoms with Gasteiger partial charge in [0.05, 0.1) is 14.2 Å². The van der Waals surface area contributed by atoms with Gasteiger partial charge in [0.2, 0.25) is 0 Å². The van der Waals surface area contributed by atoms with Crippen molar-refractivity contribution in [2.24, 2.45) is 0 Å². The van der Waals surface area contributed by atoms with Crippen molar-refractivity contribution in [1.29, 1.82) is 0 Å². The van der Waals surface area contributed by atoms with Gasteiger partial charge in [-0.3, -0.25) is 9.78 Å². The number of anilines is 2. The van der Waals surface area contributed by atoms with Crippen LogP contribution in [0.5, 0.6) is 11.5 Å². The molecular weight excluding hydrogens is 366 g/mol. The Hall–Kier alpha value is -3.54. The van der Waals surface area contributed by atoms with Crippen LogP contribution in [0.4, 0.5) is 11.4 Å². The van der Waals surface area contributed by atoms with E-state index in [4.69, 9.17) is 9.47 Å². The molecule has 0 fully saturated rings. The number of hydrogen-bond donors (Lipinski definition) is 2. The van der Waals surface area contributed by atoms with Crippen LogP contribution in [0, 0.1) is 6.92 Å². The first-order chi connectivity index (χ1) is 14.1. The molecule has 0 radical (unpaired) electrons. The number of carbonyl (C=O) groups is 1. The summed E-state index contributed by atoms with van der Waals surface area (Å²) in [5.41, 5.74) is 4.12. The molecule has 0 saturated carbocycles. The van der Waals surface area contributed by atoms with E-state index in [1.807, 2.05) is 55.5 Å². The first kappa shape index (κ1) is 20.2. The molecule has 150 valence electrons. The number of nitrogens with zero attached hydrogens (tertiary/aromatic N) is 1. The Morgan fingerprint density at radius 1 is 1.00 bits per heavy atom. The van der Waals surface area contributed by atoms with Crippen molar-refractivity contribution < 1.29 is 14.3 Å². The second-order valence-electron chi connectivity index (χ2n) is 6.56. The van der Waals surface area contributed by atoms with E-state index in [1.165, 1.54) is 0 Å². The number of methoxy groups -OCH3 is 2. The summed E-state index contributed by atoms with van der Waals surface area (Å²) in [4.78, 5) is 16.7. The van der Waals surface area contributed by atoms with Crippen LogP contribution in [-0.2, 0) is 6.42 Å². The number of rotatable bonds is 8. The fourth-order valence-electron chi connectivity index (χ4n) is 2.95. The lowest BCUT2D eigenvalue weighted by Gasteiger charge is -2.11. The molecule has 1 aromatic heterocycles. The van der Waals surface area contributed by atoms with Crippen molar-refractivity contribution in [2.45, 2.75) is 13.3 Å². The Bertz CT molecular complexity index is 989. The maximum Gasteiger partial charge on any atom is 0.274 e. The molecule has 6 heteroatoms. The number of pyridine rings is 1. The van der Waals surface area contributed by atoms with Crippen LogP contribution < -0.4 is 20.1 Å². The number of nitrogens with one attached hydrogen (secondary N) is 2. The van der Waals surface area contributed by atoms with Crippen LogP contribution >= 0.6 is 0 Å². The van der Waals surface area contributed by atoms with E-state index in [1.54, 1.807) is 26.5 Å². The Morgan fingerprint density at radius 3 is 2.55 bits per heavy atom. The molecule has 0 bridgehead atoms. The number of para-hydroxylation sites is 1. The van der Waals surface area contributed by atoms with Gasteiger partial charge in [-0.2, -0.15) is 0 Å². The standard InChI is InChI=1S/C23H25N3O3/c1-16-6-4-5-7-19(16)26-23(27)20-15-18(11-13-25-20)24-12-10-17-8-9-21(28-2)22(14-17)29-3/h4-9,11,13-15H,10,12H2,1-3H3,(H,24,25)(H,26,27). The molecule has 0 aliphatic rings. The van der Waals surface area contributed by atoms with E-state index in [-0.39, 0.29) is 5.91 Å². The van der Waals surface area contributed by atoms with Gasteiger partial charge in [-0.1, -0.05) is 24.3 Å². The van der Waals surface area contributed by atoms with E-state index in [9.17, 15) is 4.79 Å². The summed E-state index contributed by atoms with van der Waals surface area (Å²) in [5.74, 6) is 1.19. The smallest absolute Gasteiger partial charge is 0.274 e. The second-order valence-corrected chi connectivity index (χ2v) is 6.56. The summed E-state index contributed by atoms with van der Waals surface area (Å²) in [6, 6.07) is 17.1. The van der Waals surface area contributed by atoms with E-state index >= 15 is 0 Å². The van der Waals surface area contributed by atoms with Crippen molar-refractivity contribution in [3.05, 3.63) is 77.6 Å². The van der Waals surface area contributed by atoms with Gasteiger partial charge in [0.1, 0.15) is 5.69 Å². The summed E-state index contributed by atoms with van der Waals surface area (Å²) >= 11 is 0. The zero-order valence-electron chi connectivity index (χ0n) is 16.9. The highest BCUT2D eigenvalue weighted by Gasteiger charge is 2.10. The van der Waals surface area contributed by atoms with Crippen molar-refractivity contribution in [2.75, 3.05) is 31.4 Å². The first-order valence-corrected chi connectivity index (χ1v) is 9.38. The Kier molecular flexibility index (Phi) is 6.68. The lowest BCUT2D eigenvalue weighted by atomic mass is 10.1. The number of carbonyl (C=O) groups excluding carboxylic acids is 1. The predicted molar refractivity (Wildman–Crippen MR) is 115 cm³/mol. The molecule has 0 spiro atoms. The second kappa shape index (κ2) is 9.59. The van der Waals surface area contributed by atoms with Gasteiger partial charge in [-0.15, -0.1) is 0 Å². The molecule has 1 heterocycles. The molecule has 0 aliphatic heterocycles. The van der Waals surface area contributed by atoms with Crippen LogP contribution in [0.1, 0.15) is 21.6 Å². The average Bonchev–Trinajstić information content (AvgIpc) is 2.75. The van der Waals surface area contributed by atoms with Crippen molar-refractivity contribution >= 4 is 17.3 Å². The molecule has 6 nitrogen and oxygen atoms in total. The van der Waals surface area contributed by atoms with E-state index < -0.39 is 0 Å². The lowest BCUT2D eigenvalue weighted by Crippen LogP contribution is -2.15. The number of aryl methyl sites for hydroxylation is 1. The summed E-state index contributed by atoms with van der Waals surface area (Å²) in [6.45, 7) is 2.66. The predicted octanol–water partition coefficient (Wildman–Crippen LogP) is 4.31. The molecule has 0 aliphatic carbocycles. The average molecular weight is 391 g/mol. The fourth-order valence-corrected chi connectivity index (χ4v) is 2.95. The molecule has 1 amide bonds. The third kappa shape index (κ3) is 5.25. The zero-order chi connectivity index (χ0) is 20.6. The highest BCUT2D eigenvalue weighted by Crippen LogP contribution is 2.27. The van der Waals surface area contributed by atoms with Gasteiger partial charge in [0.25, 0.3) is 5.91 Å². The minimum atomic E-state index is -0.233. The minimum Gasteiger partial charge on any atom is -0.493 e. The van der Waals surface area contributed by atoms with Crippen LogP contribution in [0.15, 0.2) is 60.8 Å². The van der Waals surface area contributed by atoms with E-state index in [0.717, 1.165) is 28.9 Å². The highest BCUT2D eigenvalue weighted by molar-refractivity contribution is 6.03. The van der Waals surface area contributed by atoms with Gasteiger partial charge >= 0.3 is 0 Å². The Balaban J connectivity index is 1.60. The monoisotopic (exact) mass is 391 g/mol. The Morgan fingerprint density at radius 2 is 1.79 bits per heavy atom. The maximum absolute atomic E-state index is 12.5. The van der Waals surface area contributed by atoms with E-state index in [0.29, 0.717) is 23.7 Å². The third-order valence-electron chi connectivity index (χ3n) is 4.58. The van der Waals surface area contributed by atoms with Gasteiger partial charge in [0.15, 0.2) is 11.5 Å². The topological polar surface area (TPSA) is 72.5 Å². The first-order valence-electron chi connectivity index (χ1n) is 9.38. The van der Waals surface area contributed by atoms with Crippen LogP contribution in [0.2, 0.25) is 0 Å². The minimum absolute atomic E-state index is 0.233. The SMILES string of the molecule is COc1ccc(CCNc2ccnc(C(=O)Nc3ccccc3C)c2)cc1OC. The van der Waals surface area contributed by atoms with Crippen LogP contribution in [0.25, 0.3) is 0 Å². The van der Waals surface area contributed by atoms with Gasteiger partial charge < -0.3 is 20.1 Å². The number of ether oxygens (including phenoxy) is 2. The molecule has 2 N–H and O–H groups in total. The van der Waals surface area contributed by atoms with Crippen molar-refractivity contribution in [1.82, 2.24) is 4.98 Å². The third-order valence-corrected chi connectivity index (χ3v) is 4.58. The largest absolute Gasteiger partial charge is 0.493 e. The summed E-state index contributed by atoms with van der Waals surface area (Å²) in [5, 5.41) is 6.24.